The molecule has 1 fully saturated rings. The predicted octanol–water partition coefficient (Wildman–Crippen LogP) is 3.39. The fourth-order valence-electron chi connectivity index (χ4n) is 3.58. The van der Waals surface area contributed by atoms with Crippen LogP contribution in [0.25, 0.3) is 0 Å². The largest absolute Gasteiger partial charge is 0.497 e. The van der Waals surface area contributed by atoms with Gasteiger partial charge in [0.2, 0.25) is 11.8 Å². The Balaban J connectivity index is 1.78. The normalized spacial score (nSPS) is 15.7. The van der Waals surface area contributed by atoms with Crippen molar-refractivity contribution in [3.63, 3.8) is 0 Å². The monoisotopic (exact) mass is 407 g/mol. The zero-order valence-electron chi connectivity index (χ0n) is 17.0. The number of nitriles is 1. The number of carbonyl (C=O) groups excluding carboxylic acids is 2. The average molecular weight is 407 g/mol. The molecule has 2 N–H and O–H groups in total. The summed E-state index contributed by atoms with van der Waals surface area (Å²) >= 11 is 0. The molecule has 1 unspecified atom stereocenters. The van der Waals surface area contributed by atoms with E-state index in [2.05, 4.69) is 6.07 Å². The Morgan fingerprint density at radius 1 is 1.27 bits per heavy atom. The molecule has 1 heterocycles. The molecule has 0 saturated carbocycles. The summed E-state index contributed by atoms with van der Waals surface area (Å²) in [6, 6.07) is 14.6. The SMILES string of the molecule is COc1ccc(C2CC(=O)N(c3cccc(C(N)=O)c3)C2)c(OCCCCC#N)c1. The number of amides is 2. The average Bonchev–Trinajstić information content (AvgIpc) is 3.14. The van der Waals surface area contributed by atoms with Crippen LogP contribution in [0, 0.1) is 11.3 Å². The molecular weight excluding hydrogens is 382 g/mol. The van der Waals surface area contributed by atoms with Crippen molar-refractivity contribution in [2.45, 2.75) is 31.6 Å². The lowest BCUT2D eigenvalue weighted by molar-refractivity contribution is -0.117. The number of hydrogen-bond acceptors (Lipinski definition) is 5. The fourth-order valence-corrected chi connectivity index (χ4v) is 3.58. The van der Waals surface area contributed by atoms with Crippen molar-refractivity contribution in [1.29, 1.82) is 5.26 Å². The molecule has 1 aliphatic heterocycles. The number of nitrogens with zero attached hydrogens (tertiary/aromatic N) is 2. The highest BCUT2D eigenvalue weighted by Crippen LogP contribution is 2.38. The zero-order valence-corrected chi connectivity index (χ0v) is 17.0. The number of rotatable bonds is 9. The van der Waals surface area contributed by atoms with Crippen molar-refractivity contribution < 1.29 is 19.1 Å². The van der Waals surface area contributed by atoms with Crippen LogP contribution >= 0.6 is 0 Å². The second kappa shape index (κ2) is 9.79. The topological polar surface area (TPSA) is 106 Å². The first kappa shape index (κ1) is 21.2. The smallest absolute Gasteiger partial charge is 0.248 e. The molecular formula is C23H25N3O4. The maximum atomic E-state index is 12.7. The van der Waals surface area contributed by atoms with Gasteiger partial charge in [-0.3, -0.25) is 9.59 Å². The summed E-state index contributed by atoms with van der Waals surface area (Å²) in [7, 11) is 1.60. The maximum Gasteiger partial charge on any atom is 0.248 e. The third-order valence-corrected chi connectivity index (χ3v) is 5.17. The van der Waals surface area contributed by atoms with E-state index in [1.54, 1.807) is 36.3 Å². The molecule has 1 aliphatic rings. The molecule has 0 spiro atoms. The highest BCUT2D eigenvalue weighted by Gasteiger charge is 2.33. The van der Waals surface area contributed by atoms with Crippen molar-refractivity contribution in [3.05, 3.63) is 53.6 Å². The van der Waals surface area contributed by atoms with E-state index in [4.69, 9.17) is 20.5 Å². The summed E-state index contributed by atoms with van der Waals surface area (Å²) in [6.07, 6.45) is 2.41. The second-order valence-corrected chi connectivity index (χ2v) is 7.19. The fraction of sp³-hybridized carbons (Fsp3) is 0.348. The summed E-state index contributed by atoms with van der Waals surface area (Å²) in [5.41, 5.74) is 7.34. The highest BCUT2D eigenvalue weighted by molar-refractivity contribution is 5.99. The van der Waals surface area contributed by atoms with Crippen LogP contribution in [-0.2, 0) is 4.79 Å². The summed E-state index contributed by atoms with van der Waals surface area (Å²) < 4.78 is 11.3. The van der Waals surface area contributed by atoms with Crippen molar-refractivity contribution in [2.75, 3.05) is 25.2 Å². The molecule has 1 atom stereocenters. The number of methoxy groups -OCH3 is 1. The van der Waals surface area contributed by atoms with E-state index >= 15 is 0 Å². The first-order valence-corrected chi connectivity index (χ1v) is 9.91. The molecule has 0 radical (unpaired) electrons. The van der Waals surface area contributed by atoms with Crippen LogP contribution in [-0.4, -0.2) is 32.1 Å². The van der Waals surface area contributed by atoms with E-state index in [0.717, 1.165) is 18.4 Å². The van der Waals surface area contributed by atoms with E-state index in [-0.39, 0.29) is 11.8 Å². The number of benzene rings is 2. The first-order chi connectivity index (χ1) is 14.5. The van der Waals surface area contributed by atoms with Gasteiger partial charge in [-0.25, -0.2) is 0 Å². The van der Waals surface area contributed by atoms with Gasteiger partial charge < -0.3 is 20.1 Å². The molecule has 2 amide bonds. The molecule has 7 nitrogen and oxygen atoms in total. The van der Waals surface area contributed by atoms with Gasteiger partial charge in [0.1, 0.15) is 11.5 Å². The van der Waals surface area contributed by atoms with Gasteiger partial charge >= 0.3 is 0 Å². The van der Waals surface area contributed by atoms with E-state index < -0.39 is 5.91 Å². The van der Waals surface area contributed by atoms with Crippen LogP contribution in [0.3, 0.4) is 0 Å². The lowest BCUT2D eigenvalue weighted by atomic mass is 9.97. The Morgan fingerprint density at radius 2 is 2.10 bits per heavy atom. The Bertz CT molecular complexity index is 967. The molecule has 156 valence electrons. The number of ether oxygens (including phenoxy) is 2. The predicted molar refractivity (Wildman–Crippen MR) is 113 cm³/mol. The summed E-state index contributed by atoms with van der Waals surface area (Å²) in [5, 5.41) is 8.66. The van der Waals surface area contributed by atoms with Gasteiger partial charge in [-0.2, -0.15) is 5.26 Å². The lowest BCUT2D eigenvalue weighted by Crippen LogP contribution is -2.25. The number of unbranched alkanes of at least 4 members (excludes halogenated alkanes) is 2. The summed E-state index contributed by atoms with van der Waals surface area (Å²) in [5.74, 6) is 0.785. The quantitative estimate of drug-likeness (QED) is 0.642. The van der Waals surface area contributed by atoms with Gasteiger partial charge in [0, 0.05) is 42.6 Å². The van der Waals surface area contributed by atoms with Crippen LogP contribution in [0.5, 0.6) is 11.5 Å². The maximum absolute atomic E-state index is 12.7. The van der Waals surface area contributed by atoms with Crippen molar-refractivity contribution in [2.24, 2.45) is 5.73 Å². The van der Waals surface area contributed by atoms with Gasteiger partial charge in [-0.1, -0.05) is 12.1 Å². The minimum absolute atomic E-state index is 0.0163. The number of anilines is 1. The lowest BCUT2D eigenvalue weighted by Gasteiger charge is -2.19. The molecule has 2 aromatic carbocycles. The Labute approximate surface area is 176 Å². The number of nitrogens with two attached hydrogens (primary N) is 1. The van der Waals surface area contributed by atoms with Gasteiger partial charge in [0.15, 0.2) is 0 Å². The second-order valence-electron chi connectivity index (χ2n) is 7.19. The zero-order chi connectivity index (χ0) is 21.5. The van der Waals surface area contributed by atoms with Gasteiger partial charge in [-0.15, -0.1) is 0 Å². The van der Waals surface area contributed by atoms with E-state index in [9.17, 15) is 9.59 Å². The van der Waals surface area contributed by atoms with Crippen molar-refractivity contribution in [3.8, 4) is 17.6 Å². The van der Waals surface area contributed by atoms with Gasteiger partial charge in [-0.05, 0) is 42.7 Å². The minimum atomic E-state index is -0.526. The summed E-state index contributed by atoms with van der Waals surface area (Å²) in [4.78, 5) is 25.9. The third kappa shape index (κ3) is 4.90. The standard InChI is InChI=1S/C23H25N3O4/c1-29-19-8-9-20(21(14-19)30-11-4-2-3-10-24)17-13-22(27)26(15-17)18-7-5-6-16(12-18)23(25)28/h5-9,12,14,17H,2-4,11,13,15H2,1H3,(H2,25,28). The minimum Gasteiger partial charge on any atom is -0.497 e. The van der Waals surface area contributed by atoms with Gasteiger partial charge in [0.25, 0.3) is 0 Å². The van der Waals surface area contributed by atoms with E-state index in [1.165, 1.54) is 0 Å². The number of hydrogen-bond donors (Lipinski definition) is 1. The van der Waals surface area contributed by atoms with Crippen molar-refractivity contribution in [1.82, 2.24) is 0 Å². The molecule has 7 heteroatoms. The molecule has 3 rings (SSSR count). The molecule has 2 aromatic rings. The molecule has 0 aromatic heterocycles. The van der Waals surface area contributed by atoms with Crippen LogP contribution in [0.4, 0.5) is 5.69 Å². The third-order valence-electron chi connectivity index (χ3n) is 5.17. The van der Waals surface area contributed by atoms with Crippen LogP contribution in [0.2, 0.25) is 0 Å². The number of carbonyl (C=O) groups is 2. The molecule has 0 aliphatic carbocycles. The van der Waals surface area contributed by atoms with Crippen LogP contribution in [0.1, 0.15) is 47.5 Å². The summed E-state index contributed by atoms with van der Waals surface area (Å²) in [6.45, 7) is 0.977. The van der Waals surface area contributed by atoms with Gasteiger partial charge in [0.05, 0.1) is 19.8 Å². The van der Waals surface area contributed by atoms with E-state index in [0.29, 0.717) is 48.7 Å². The Kier molecular flexibility index (Phi) is 6.91. The van der Waals surface area contributed by atoms with Crippen molar-refractivity contribution >= 4 is 17.5 Å². The number of primary amides is 1. The molecule has 0 bridgehead atoms. The van der Waals surface area contributed by atoms with E-state index in [1.807, 2.05) is 18.2 Å². The van der Waals surface area contributed by atoms with Crippen LogP contribution in [0.15, 0.2) is 42.5 Å². The Hall–Kier alpha value is -3.53. The van der Waals surface area contributed by atoms with Crippen LogP contribution < -0.4 is 20.1 Å². The highest BCUT2D eigenvalue weighted by atomic mass is 16.5. The molecule has 30 heavy (non-hydrogen) atoms. The Morgan fingerprint density at radius 3 is 2.83 bits per heavy atom. The molecule has 1 saturated heterocycles. The first-order valence-electron chi connectivity index (χ1n) is 9.91.